The van der Waals surface area contributed by atoms with Gasteiger partial charge in [0.15, 0.2) is 11.3 Å². The van der Waals surface area contributed by atoms with Crippen molar-refractivity contribution < 1.29 is 28.6 Å². The molecule has 0 unspecified atom stereocenters. The van der Waals surface area contributed by atoms with Crippen LogP contribution >= 0.6 is 0 Å². The van der Waals surface area contributed by atoms with Gasteiger partial charge in [0, 0.05) is 0 Å². The highest BCUT2D eigenvalue weighted by molar-refractivity contribution is 6.09. The molecule has 20 heavy (non-hydrogen) atoms. The first-order valence-electron chi connectivity index (χ1n) is 5.79. The summed E-state index contributed by atoms with van der Waals surface area (Å²) < 4.78 is 14.1. The Morgan fingerprint density at radius 3 is 2.10 bits per heavy atom. The molecule has 1 heterocycles. The van der Waals surface area contributed by atoms with E-state index < -0.39 is 23.4 Å². The van der Waals surface area contributed by atoms with E-state index in [0.29, 0.717) is 0 Å². The molecule has 0 aliphatic carbocycles. The molecule has 7 heteroatoms. The SMILES string of the molecule is COC(=O)c1c(O)oc(C=NC(C)(C)C)c1C(=O)OC. The van der Waals surface area contributed by atoms with Gasteiger partial charge in [0.25, 0.3) is 5.95 Å². The van der Waals surface area contributed by atoms with Crippen LogP contribution in [0.3, 0.4) is 0 Å². The summed E-state index contributed by atoms with van der Waals surface area (Å²) in [5, 5.41) is 9.65. The Hall–Kier alpha value is -2.31. The lowest BCUT2D eigenvalue weighted by atomic mass is 10.1. The van der Waals surface area contributed by atoms with Crippen LogP contribution in [0.15, 0.2) is 9.41 Å². The third-order valence-electron chi connectivity index (χ3n) is 2.27. The van der Waals surface area contributed by atoms with Crippen LogP contribution in [0.2, 0.25) is 0 Å². The molecule has 0 aliphatic rings. The molecule has 1 N–H and O–H groups in total. The number of furan rings is 1. The zero-order valence-corrected chi connectivity index (χ0v) is 12.0. The fraction of sp³-hybridized carbons (Fsp3) is 0.462. The minimum atomic E-state index is -0.901. The van der Waals surface area contributed by atoms with Crippen molar-refractivity contribution in [2.24, 2.45) is 4.99 Å². The average Bonchev–Trinajstić information content (AvgIpc) is 2.70. The standard InChI is InChI=1S/C13H17NO6/c1-13(2,3)14-6-7-8(10(15)18-4)9(11(16)19-5)12(17)20-7/h6,17H,1-5H3. The zero-order chi connectivity index (χ0) is 15.5. The first-order valence-corrected chi connectivity index (χ1v) is 5.79. The highest BCUT2D eigenvalue weighted by Gasteiger charge is 2.31. The summed E-state index contributed by atoms with van der Waals surface area (Å²) in [6.07, 6.45) is 1.26. The minimum absolute atomic E-state index is 0.0651. The smallest absolute Gasteiger partial charge is 0.346 e. The number of rotatable bonds is 3. The number of carbonyl (C=O) groups is 2. The fourth-order valence-corrected chi connectivity index (χ4v) is 1.38. The Bertz CT molecular complexity index is 550. The maximum atomic E-state index is 11.8. The second-order valence-corrected chi connectivity index (χ2v) is 4.93. The van der Waals surface area contributed by atoms with E-state index >= 15 is 0 Å². The van der Waals surface area contributed by atoms with Crippen molar-refractivity contribution in [3.63, 3.8) is 0 Å². The van der Waals surface area contributed by atoms with E-state index in [-0.39, 0.29) is 16.9 Å². The number of methoxy groups -OCH3 is 2. The number of esters is 2. The third-order valence-corrected chi connectivity index (χ3v) is 2.27. The van der Waals surface area contributed by atoms with Crippen LogP contribution in [0.4, 0.5) is 0 Å². The van der Waals surface area contributed by atoms with Crippen LogP contribution in [-0.4, -0.2) is 43.0 Å². The molecule has 0 saturated carbocycles. The maximum Gasteiger partial charge on any atom is 0.346 e. The van der Waals surface area contributed by atoms with Gasteiger partial charge in [0.2, 0.25) is 0 Å². The van der Waals surface area contributed by atoms with Crippen LogP contribution < -0.4 is 0 Å². The van der Waals surface area contributed by atoms with Gasteiger partial charge >= 0.3 is 11.9 Å². The number of hydrogen-bond acceptors (Lipinski definition) is 7. The minimum Gasteiger partial charge on any atom is -0.480 e. The molecule has 0 radical (unpaired) electrons. The molecule has 110 valence electrons. The summed E-state index contributed by atoms with van der Waals surface area (Å²) in [5.74, 6) is -2.51. The Labute approximate surface area is 116 Å². The summed E-state index contributed by atoms with van der Waals surface area (Å²) in [6.45, 7) is 5.52. The van der Waals surface area contributed by atoms with Gasteiger partial charge in [-0.3, -0.25) is 4.99 Å². The van der Waals surface area contributed by atoms with Crippen molar-refractivity contribution in [3.05, 3.63) is 16.9 Å². The number of hydrogen-bond donors (Lipinski definition) is 1. The number of carbonyl (C=O) groups excluding carboxylic acids is 2. The van der Waals surface area contributed by atoms with Crippen LogP contribution in [0.5, 0.6) is 5.95 Å². The lowest BCUT2D eigenvalue weighted by molar-refractivity contribution is 0.0553. The number of ether oxygens (including phenoxy) is 2. The van der Waals surface area contributed by atoms with Gasteiger partial charge in [0.05, 0.1) is 26.0 Å². The van der Waals surface area contributed by atoms with E-state index in [9.17, 15) is 14.7 Å². The van der Waals surface area contributed by atoms with E-state index in [0.717, 1.165) is 14.2 Å². The van der Waals surface area contributed by atoms with Gasteiger partial charge in [-0.05, 0) is 20.8 Å². The van der Waals surface area contributed by atoms with E-state index in [1.807, 2.05) is 20.8 Å². The van der Waals surface area contributed by atoms with Crippen LogP contribution in [0.25, 0.3) is 0 Å². The van der Waals surface area contributed by atoms with Gasteiger partial charge in [-0.25, -0.2) is 9.59 Å². The van der Waals surface area contributed by atoms with Crippen molar-refractivity contribution in [3.8, 4) is 5.95 Å². The molecule has 0 fully saturated rings. The van der Waals surface area contributed by atoms with Crippen LogP contribution in [-0.2, 0) is 9.47 Å². The lowest BCUT2D eigenvalue weighted by Gasteiger charge is -2.10. The van der Waals surface area contributed by atoms with E-state index in [1.165, 1.54) is 6.21 Å². The van der Waals surface area contributed by atoms with Crippen molar-refractivity contribution in [2.45, 2.75) is 26.3 Å². The molecule has 0 amide bonds. The first kappa shape index (κ1) is 15.7. The molecular formula is C13H17NO6. The number of aliphatic imine (C=N–C) groups is 1. The highest BCUT2D eigenvalue weighted by Crippen LogP contribution is 2.29. The lowest BCUT2D eigenvalue weighted by Crippen LogP contribution is -2.13. The second kappa shape index (κ2) is 5.77. The summed E-state index contributed by atoms with van der Waals surface area (Å²) in [6, 6.07) is 0. The summed E-state index contributed by atoms with van der Waals surface area (Å²) in [5.41, 5.74) is -1.01. The Morgan fingerprint density at radius 1 is 1.15 bits per heavy atom. The largest absolute Gasteiger partial charge is 0.480 e. The molecule has 1 aromatic heterocycles. The molecule has 0 bridgehead atoms. The maximum absolute atomic E-state index is 11.8. The number of aromatic hydroxyl groups is 1. The summed E-state index contributed by atoms with van der Waals surface area (Å²) >= 11 is 0. The van der Waals surface area contributed by atoms with E-state index in [4.69, 9.17) is 4.42 Å². The van der Waals surface area contributed by atoms with Crippen LogP contribution in [0.1, 0.15) is 47.2 Å². The second-order valence-electron chi connectivity index (χ2n) is 4.93. The predicted molar refractivity (Wildman–Crippen MR) is 70.4 cm³/mol. The highest BCUT2D eigenvalue weighted by atomic mass is 16.5. The van der Waals surface area contributed by atoms with Crippen molar-refractivity contribution in [1.82, 2.24) is 0 Å². The van der Waals surface area contributed by atoms with Gasteiger partial charge in [0.1, 0.15) is 5.56 Å². The molecule has 0 saturated heterocycles. The van der Waals surface area contributed by atoms with Gasteiger partial charge < -0.3 is 19.0 Å². The molecule has 0 aromatic carbocycles. The van der Waals surface area contributed by atoms with Gasteiger partial charge in [-0.2, -0.15) is 0 Å². The molecule has 1 rings (SSSR count). The Morgan fingerprint density at radius 2 is 1.65 bits per heavy atom. The zero-order valence-electron chi connectivity index (χ0n) is 12.0. The topological polar surface area (TPSA) is 98.3 Å². The predicted octanol–water partition coefficient (Wildman–Crippen LogP) is 1.78. The summed E-state index contributed by atoms with van der Waals surface area (Å²) in [7, 11) is 2.27. The Kier molecular flexibility index (Phi) is 4.54. The Balaban J connectivity index is 3.42. The third kappa shape index (κ3) is 3.37. The monoisotopic (exact) mass is 283 g/mol. The van der Waals surface area contributed by atoms with Crippen molar-refractivity contribution in [2.75, 3.05) is 14.2 Å². The molecule has 0 spiro atoms. The van der Waals surface area contributed by atoms with Crippen molar-refractivity contribution >= 4 is 18.2 Å². The normalized spacial score (nSPS) is 11.7. The number of nitrogens with zero attached hydrogens (tertiary/aromatic N) is 1. The average molecular weight is 283 g/mol. The van der Waals surface area contributed by atoms with Gasteiger partial charge in [-0.1, -0.05) is 0 Å². The fourth-order valence-electron chi connectivity index (χ4n) is 1.38. The first-order chi connectivity index (χ1) is 9.21. The van der Waals surface area contributed by atoms with E-state index in [2.05, 4.69) is 14.5 Å². The molecule has 7 nitrogen and oxygen atoms in total. The molecule has 0 aliphatic heterocycles. The van der Waals surface area contributed by atoms with Gasteiger partial charge in [-0.15, -0.1) is 0 Å². The van der Waals surface area contributed by atoms with E-state index in [1.54, 1.807) is 0 Å². The molecular weight excluding hydrogens is 266 g/mol. The molecule has 1 aromatic rings. The van der Waals surface area contributed by atoms with Crippen LogP contribution in [0, 0.1) is 0 Å². The molecule has 0 atom stereocenters. The van der Waals surface area contributed by atoms with Crippen molar-refractivity contribution in [1.29, 1.82) is 0 Å². The quantitative estimate of drug-likeness (QED) is 0.670. The summed E-state index contributed by atoms with van der Waals surface area (Å²) in [4.78, 5) is 27.5.